The lowest BCUT2D eigenvalue weighted by Gasteiger charge is -2.14. The number of halogens is 1. The third-order valence-electron chi connectivity index (χ3n) is 3.06. The summed E-state index contributed by atoms with van der Waals surface area (Å²) in [6.07, 6.45) is 0.0892. The molecule has 1 unspecified atom stereocenters. The van der Waals surface area contributed by atoms with Gasteiger partial charge in [0.15, 0.2) is 12.6 Å². The average Bonchev–Trinajstić information content (AvgIpc) is 2.72. The lowest BCUT2D eigenvalue weighted by Crippen LogP contribution is -2.93. The van der Waals surface area contributed by atoms with E-state index in [1.807, 2.05) is 0 Å². The second-order valence-electron chi connectivity index (χ2n) is 4.37. The highest BCUT2D eigenvalue weighted by Crippen LogP contribution is 2.23. The van der Waals surface area contributed by atoms with Crippen molar-refractivity contribution in [2.45, 2.75) is 12.5 Å². The molecule has 1 aromatic rings. The Labute approximate surface area is 124 Å². The predicted octanol–water partition coefficient (Wildman–Crippen LogP) is -0.183. The van der Waals surface area contributed by atoms with Crippen LogP contribution in [-0.2, 0) is 19.1 Å². The van der Waals surface area contributed by atoms with Crippen LogP contribution < -0.4 is 10.2 Å². The van der Waals surface area contributed by atoms with Crippen molar-refractivity contribution in [1.82, 2.24) is 0 Å². The molecule has 106 valence electrons. The Hall–Kier alpha value is -1.73. The van der Waals surface area contributed by atoms with Crippen molar-refractivity contribution < 1.29 is 24.4 Å². The lowest BCUT2D eigenvalue weighted by atomic mass is 10.2. The molecule has 1 aliphatic rings. The first-order chi connectivity index (χ1) is 9.52. The highest BCUT2D eigenvalue weighted by molar-refractivity contribution is 9.10. The number of hydrogen-bond acceptors (Lipinski definition) is 4. The Morgan fingerprint density at radius 3 is 2.65 bits per heavy atom. The van der Waals surface area contributed by atoms with Crippen LogP contribution in [0.3, 0.4) is 0 Å². The van der Waals surface area contributed by atoms with Gasteiger partial charge in [-0.2, -0.15) is 0 Å². The SMILES string of the molecule is COC(=O)C[NH2+]C1CC(=O)N(c2ccc(Br)cc2)C1=O. The molecule has 1 aliphatic heterocycles. The van der Waals surface area contributed by atoms with Gasteiger partial charge >= 0.3 is 5.97 Å². The van der Waals surface area contributed by atoms with E-state index in [1.165, 1.54) is 12.4 Å². The molecular weight excluding hydrogens is 328 g/mol. The summed E-state index contributed by atoms with van der Waals surface area (Å²) in [5.41, 5.74) is 0.539. The molecule has 0 radical (unpaired) electrons. The van der Waals surface area contributed by atoms with E-state index in [0.29, 0.717) is 5.69 Å². The molecule has 6 nitrogen and oxygen atoms in total. The van der Waals surface area contributed by atoms with Crippen LogP contribution in [-0.4, -0.2) is 37.5 Å². The minimum absolute atomic E-state index is 0.0222. The second kappa shape index (κ2) is 6.15. The standard InChI is InChI=1S/C13H13BrN2O4/c1-20-12(18)7-15-10-6-11(17)16(13(10)19)9-4-2-8(14)3-5-9/h2-5,10,15H,6-7H2,1H3/p+1. The third-order valence-corrected chi connectivity index (χ3v) is 3.59. The molecule has 1 aromatic carbocycles. The van der Waals surface area contributed by atoms with Crippen molar-refractivity contribution in [3.8, 4) is 0 Å². The van der Waals surface area contributed by atoms with Crippen LogP contribution in [0.15, 0.2) is 28.7 Å². The molecule has 0 spiro atoms. The maximum atomic E-state index is 12.2. The summed E-state index contributed by atoms with van der Waals surface area (Å²) in [4.78, 5) is 36.4. The van der Waals surface area contributed by atoms with Gasteiger partial charge in [0.05, 0.1) is 19.2 Å². The number of amides is 2. The summed E-state index contributed by atoms with van der Waals surface area (Å²) in [5, 5.41) is 1.53. The number of nitrogens with two attached hydrogens (primary N) is 1. The number of methoxy groups -OCH3 is 1. The van der Waals surface area contributed by atoms with Crippen LogP contribution >= 0.6 is 15.9 Å². The predicted molar refractivity (Wildman–Crippen MR) is 73.8 cm³/mol. The van der Waals surface area contributed by atoms with E-state index in [9.17, 15) is 14.4 Å². The number of hydrogen-bond donors (Lipinski definition) is 1. The molecular formula is C13H14BrN2O4+. The number of rotatable bonds is 4. The van der Waals surface area contributed by atoms with Crippen LogP contribution in [0.1, 0.15) is 6.42 Å². The number of quaternary nitrogens is 1. The van der Waals surface area contributed by atoms with Crippen LogP contribution in [0.4, 0.5) is 5.69 Å². The first-order valence-corrected chi connectivity index (χ1v) is 6.84. The quantitative estimate of drug-likeness (QED) is 0.608. The number of ether oxygens (including phenoxy) is 1. The van der Waals surface area contributed by atoms with Gasteiger partial charge in [-0.05, 0) is 24.3 Å². The minimum atomic E-state index is -0.565. The van der Waals surface area contributed by atoms with E-state index < -0.39 is 12.0 Å². The zero-order valence-electron chi connectivity index (χ0n) is 10.8. The van der Waals surface area contributed by atoms with Crippen LogP contribution in [0.2, 0.25) is 0 Å². The number of carbonyl (C=O) groups is 3. The van der Waals surface area contributed by atoms with Crippen molar-refractivity contribution in [2.75, 3.05) is 18.6 Å². The van der Waals surface area contributed by atoms with Gasteiger partial charge in [0, 0.05) is 4.47 Å². The summed E-state index contributed by atoms with van der Waals surface area (Å²) in [7, 11) is 1.28. The third kappa shape index (κ3) is 3.05. The van der Waals surface area contributed by atoms with Gasteiger partial charge in [-0.1, -0.05) is 15.9 Å². The molecule has 20 heavy (non-hydrogen) atoms. The molecule has 0 bridgehead atoms. The summed E-state index contributed by atoms with van der Waals surface area (Å²) >= 11 is 3.30. The molecule has 0 aromatic heterocycles. The Morgan fingerprint density at radius 2 is 2.05 bits per heavy atom. The largest absolute Gasteiger partial charge is 0.465 e. The van der Waals surface area contributed by atoms with Crippen LogP contribution in [0.5, 0.6) is 0 Å². The van der Waals surface area contributed by atoms with Gasteiger partial charge in [-0.3, -0.25) is 9.59 Å². The van der Waals surface area contributed by atoms with E-state index in [-0.39, 0.29) is 24.8 Å². The van der Waals surface area contributed by atoms with Gasteiger partial charge in [-0.25, -0.2) is 9.69 Å². The second-order valence-corrected chi connectivity index (χ2v) is 5.29. The van der Waals surface area contributed by atoms with E-state index in [1.54, 1.807) is 24.3 Å². The van der Waals surface area contributed by atoms with E-state index >= 15 is 0 Å². The van der Waals surface area contributed by atoms with Gasteiger partial charge in [0.1, 0.15) is 0 Å². The molecule has 2 amide bonds. The summed E-state index contributed by atoms with van der Waals surface area (Å²) in [6, 6.07) is 6.36. The molecule has 0 saturated carbocycles. The van der Waals surface area contributed by atoms with E-state index in [4.69, 9.17) is 0 Å². The van der Waals surface area contributed by atoms with Gasteiger partial charge in [0.25, 0.3) is 5.91 Å². The van der Waals surface area contributed by atoms with E-state index in [2.05, 4.69) is 20.7 Å². The molecule has 2 N–H and O–H groups in total. The van der Waals surface area contributed by atoms with Crippen molar-refractivity contribution in [2.24, 2.45) is 0 Å². The maximum absolute atomic E-state index is 12.2. The fraction of sp³-hybridized carbons (Fsp3) is 0.308. The monoisotopic (exact) mass is 341 g/mol. The van der Waals surface area contributed by atoms with E-state index in [0.717, 1.165) is 9.37 Å². The Bertz CT molecular complexity index is 544. The summed E-state index contributed by atoms with van der Waals surface area (Å²) in [6.45, 7) is 0.0222. The van der Waals surface area contributed by atoms with Gasteiger partial charge < -0.3 is 10.1 Å². The fourth-order valence-electron chi connectivity index (χ4n) is 2.02. The zero-order chi connectivity index (χ0) is 14.7. The zero-order valence-corrected chi connectivity index (χ0v) is 12.4. The number of nitrogens with zero attached hydrogens (tertiary/aromatic N) is 1. The van der Waals surface area contributed by atoms with Crippen molar-refractivity contribution >= 4 is 39.4 Å². The van der Waals surface area contributed by atoms with Crippen molar-refractivity contribution in [3.63, 3.8) is 0 Å². The smallest absolute Gasteiger partial charge is 0.361 e. The highest BCUT2D eigenvalue weighted by atomic mass is 79.9. The molecule has 1 saturated heterocycles. The topological polar surface area (TPSA) is 80.3 Å². The molecule has 1 heterocycles. The number of anilines is 1. The summed E-state index contributed by atoms with van der Waals surface area (Å²) < 4.78 is 5.38. The van der Waals surface area contributed by atoms with Gasteiger partial charge in [-0.15, -0.1) is 0 Å². The first-order valence-electron chi connectivity index (χ1n) is 6.05. The summed E-state index contributed by atoms with van der Waals surface area (Å²) in [5.74, 6) is -0.989. The Balaban J connectivity index is 2.09. The fourth-order valence-corrected chi connectivity index (χ4v) is 2.29. The average molecular weight is 342 g/mol. The lowest BCUT2D eigenvalue weighted by molar-refractivity contribution is -0.665. The molecule has 0 aliphatic carbocycles. The normalized spacial score (nSPS) is 18.5. The molecule has 1 fully saturated rings. The minimum Gasteiger partial charge on any atom is -0.465 e. The first kappa shape index (κ1) is 14.7. The van der Waals surface area contributed by atoms with Gasteiger partial charge in [0.2, 0.25) is 5.91 Å². The molecule has 2 rings (SSSR count). The number of benzene rings is 1. The number of esters is 1. The maximum Gasteiger partial charge on any atom is 0.361 e. The molecule has 7 heteroatoms. The Kier molecular flexibility index (Phi) is 4.51. The van der Waals surface area contributed by atoms with Crippen LogP contribution in [0, 0.1) is 0 Å². The number of imide groups is 1. The molecule has 1 atom stereocenters. The van der Waals surface area contributed by atoms with Crippen LogP contribution in [0.25, 0.3) is 0 Å². The van der Waals surface area contributed by atoms with Crippen molar-refractivity contribution in [3.05, 3.63) is 28.7 Å². The van der Waals surface area contributed by atoms with Crippen molar-refractivity contribution in [1.29, 1.82) is 0 Å². The Morgan fingerprint density at radius 1 is 1.40 bits per heavy atom. The highest BCUT2D eigenvalue weighted by Gasteiger charge is 2.42. The number of carbonyl (C=O) groups excluding carboxylic acids is 3.